The van der Waals surface area contributed by atoms with Gasteiger partial charge in [0.05, 0.1) is 5.69 Å². The van der Waals surface area contributed by atoms with E-state index < -0.39 is 0 Å². The summed E-state index contributed by atoms with van der Waals surface area (Å²) in [5.74, 6) is 0.553. The predicted molar refractivity (Wildman–Crippen MR) is 47.0 cm³/mol. The molecule has 1 aromatic heterocycles. The van der Waals surface area contributed by atoms with Gasteiger partial charge in [-0.3, -0.25) is 4.79 Å². The highest BCUT2D eigenvalue weighted by Gasteiger charge is 2.30. The number of rotatable bonds is 1. The standard InChI is InChI=1S/C9H11N3O/c1-7(13)12-4-8(5-12)9-2-3-10-6-11-9/h2-3,6,8H,4-5H2,1H3. The Labute approximate surface area is 76.6 Å². The van der Waals surface area contributed by atoms with E-state index in [1.165, 1.54) is 0 Å². The molecule has 1 aliphatic rings. The van der Waals surface area contributed by atoms with E-state index in [4.69, 9.17) is 0 Å². The van der Waals surface area contributed by atoms with Crippen LogP contribution >= 0.6 is 0 Å². The summed E-state index contributed by atoms with van der Waals surface area (Å²) in [6, 6.07) is 1.90. The van der Waals surface area contributed by atoms with Crippen LogP contribution in [0.25, 0.3) is 0 Å². The van der Waals surface area contributed by atoms with E-state index in [2.05, 4.69) is 9.97 Å². The molecule has 4 nitrogen and oxygen atoms in total. The minimum atomic E-state index is 0.144. The van der Waals surface area contributed by atoms with Crippen LogP contribution in [0.2, 0.25) is 0 Å². The van der Waals surface area contributed by atoms with Gasteiger partial charge in [0.1, 0.15) is 6.33 Å². The Morgan fingerprint density at radius 1 is 1.62 bits per heavy atom. The molecule has 0 N–H and O–H groups in total. The minimum absolute atomic E-state index is 0.144. The van der Waals surface area contributed by atoms with Crippen molar-refractivity contribution in [1.82, 2.24) is 14.9 Å². The van der Waals surface area contributed by atoms with Crippen LogP contribution < -0.4 is 0 Å². The fourth-order valence-electron chi connectivity index (χ4n) is 1.47. The van der Waals surface area contributed by atoms with Crippen molar-refractivity contribution in [2.75, 3.05) is 13.1 Å². The topological polar surface area (TPSA) is 46.1 Å². The van der Waals surface area contributed by atoms with Crippen molar-refractivity contribution >= 4 is 5.91 Å². The summed E-state index contributed by atoms with van der Waals surface area (Å²) < 4.78 is 0. The highest BCUT2D eigenvalue weighted by atomic mass is 16.2. The summed E-state index contributed by atoms with van der Waals surface area (Å²) in [7, 11) is 0. The SMILES string of the molecule is CC(=O)N1CC(c2ccncn2)C1. The van der Waals surface area contributed by atoms with Crippen LogP contribution in [-0.4, -0.2) is 33.9 Å². The minimum Gasteiger partial charge on any atom is -0.341 e. The van der Waals surface area contributed by atoms with Crippen LogP contribution in [0.15, 0.2) is 18.6 Å². The predicted octanol–water partition coefficient (Wildman–Crippen LogP) is 0.422. The van der Waals surface area contributed by atoms with Gasteiger partial charge in [-0.15, -0.1) is 0 Å². The molecule has 2 rings (SSSR count). The fraction of sp³-hybridized carbons (Fsp3) is 0.444. The van der Waals surface area contributed by atoms with E-state index in [0.717, 1.165) is 18.8 Å². The molecule has 1 aliphatic heterocycles. The molecule has 0 aromatic carbocycles. The van der Waals surface area contributed by atoms with Gasteiger partial charge in [0, 0.05) is 32.1 Å². The third-order valence-corrected chi connectivity index (χ3v) is 2.35. The van der Waals surface area contributed by atoms with Crippen LogP contribution in [0.4, 0.5) is 0 Å². The third kappa shape index (κ3) is 1.52. The zero-order chi connectivity index (χ0) is 9.26. The summed E-state index contributed by atoms with van der Waals surface area (Å²) in [5, 5.41) is 0. The molecule has 0 radical (unpaired) electrons. The van der Waals surface area contributed by atoms with E-state index in [9.17, 15) is 4.79 Å². The number of hydrogen-bond acceptors (Lipinski definition) is 3. The van der Waals surface area contributed by atoms with Gasteiger partial charge in [0.2, 0.25) is 5.91 Å². The number of carbonyl (C=O) groups excluding carboxylic acids is 1. The zero-order valence-electron chi connectivity index (χ0n) is 7.47. The normalized spacial score (nSPS) is 16.8. The molecule has 0 bridgehead atoms. The van der Waals surface area contributed by atoms with Crippen molar-refractivity contribution in [3.63, 3.8) is 0 Å². The van der Waals surface area contributed by atoms with Crippen molar-refractivity contribution in [1.29, 1.82) is 0 Å². The molecular weight excluding hydrogens is 166 g/mol. The van der Waals surface area contributed by atoms with Crippen molar-refractivity contribution in [2.24, 2.45) is 0 Å². The molecule has 1 fully saturated rings. The zero-order valence-corrected chi connectivity index (χ0v) is 7.47. The Balaban J connectivity index is 1.98. The highest BCUT2D eigenvalue weighted by molar-refractivity contribution is 5.74. The van der Waals surface area contributed by atoms with Crippen molar-refractivity contribution in [3.05, 3.63) is 24.3 Å². The molecule has 68 valence electrons. The van der Waals surface area contributed by atoms with Crippen molar-refractivity contribution < 1.29 is 4.79 Å². The Hall–Kier alpha value is -1.45. The first-order chi connectivity index (χ1) is 6.27. The number of likely N-dealkylation sites (tertiary alicyclic amines) is 1. The molecule has 0 spiro atoms. The molecular formula is C9H11N3O. The summed E-state index contributed by atoms with van der Waals surface area (Å²) in [6.45, 7) is 3.19. The molecule has 1 saturated heterocycles. The largest absolute Gasteiger partial charge is 0.341 e. The Bertz CT molecular complexity index is 306. The molecule has 0 aliphatic carbocycles. The third-order valence-electron chi connectivity index (χ3n) is 2.35. The number of carbonyl (C=O) groups is 1. The smallest absolute Gasteiger partial charge is 0.219 e. The summed E-state index contributed by atoms with van der Waals surface area (Å²) >= 11 is 0. The van der Waals surface area contributed by atoms with Gasteiger partial charge in [-0.1, -0.05) is 0 Å². The molecule has 0 atom stereocenters. The van der Waals surface area contributed by atoms with Gasteiger partial charge in [-0.05, 0) is 6.07 Å². The number of aromatic nitrogens is 2. The highest BCUT2D eigenvalue weighted by Crippen LogP contribution is 2.24. The lowest BCUT2D eigenvalue weighted by atomic mass is 9.96. The van der Waals surface area contributed by atoms with E-state index in [1.54, 1.807) is 19.4 Å². The van der Waals surface area contributed by atoms with Crippen molar-refractivity contribution in [2.45, 2.75) is 12.8 Å². The average Bonchev–Trinajstić information content (AvgIpc) is 2.02. The van der Waals surface area contributed by atoms with Gasteiger partial charge in [-0.2, -0.15) is 0 Å². The maximum absolute atomic E-state index is 10.9. The summed E-state index contributed by atoms with van der Waals surface area (Å²) in [5.41, 5.74) is 1.03. The van der Waals surface area contributed by atoms with Gasteiger partial charge in [0.25, 0.3) is 0 Å². The van der Waals surface area contributed by atoms with E-state index >= 15 is 0 Å². The Morgan fingerprint density at radius 2 is 2.38 bits per heavy atom. The maximum Gasteiger partial charge on any atom is 0.219 e. The van der Waals surface area contributed by atoms with E-state index in [-0.39, 0.29) is 5.91 Å². The second kappa shape index (κ2) is 3.12. The number of amides is 1. The first-order valence-electron chi connectivity index (χ1n) is 4.29. The van der Waals surface area contributed by atoms with Crippen LogP contribution in [-0.2, 0) is 4.79 Å². The average molecular weight is 177 g/mol. The second-order valence-electron chi connectivity index (χ2n) is 3.26. The van der Waals surface area contributed by atoms with Crippen LogP contribution in [0, 0.1) is 0 Å². The lowest BCUT2D eigenvalue weighted by Crippen LogP contribution is -2.47. The number of nitrogens with zero attached hydrogens (tertiary/aromatic N) is 3. The lowest BCUT2D eigenvalue weighted by Gasteiger charge is -2.38. The fourth-order valence-corrected chi connectivity index (χ4v) is 1.47. The first-order valence-corrected chi connectivity index (χ1v) is 4.29. The molecule has 1 aromatic rings. The monoisotopic (exact) mass is 177 g/mol. The molecule has 1 amide bonds. The maximum atomic E-state index is 10.9. The van der Waals surface area contributed by atoms with E-state index in [1.807, 2.05) is 11.0 Å². The lowest BCUT2D eigenvalue weighted by molar-refractivity contribution is -0.133. The van der Waals surface area contributed by atoms with Crippen LogP contribution in [0.3, 0.4) is 0 Å². The molecule has 4 heteroatoms. The van der Waals surface area contributed by atoms with E-state index in [0.29, 0.717) is 5.92 Å². The van der Waals surface area contributed by atoms with Crippen molar-refractivity contribution in [3.8, 4) is 0 Å². The number of hydrogen-bond donors (Lipinski definition) is 0. The molecule has 13 heavy (non-hydrogen) atoms. The van der Waals surface area contributed by atoms with Crippen LogP contribution in [0.1, 0.15) is 18.5 Å². The molecule has 0 unspecified atom stereocenters. The Morgan fingerprint density at radius 3 is 2.92 bits per heavy atom. The summed E-state index contributed by atoms with van der Waals surface area (Å²) in [4.78, 5) is 20.7. The molecule has 0 saturated carbocycles. The van der Waals surface area contributed by atoms with Gasteiger partial charge >= 0.3 is 0 Å². The Kier molecular flexibility index (Phi) is 1.96. The first kappa shape index (κ1) is 8.16. The van der Waals surface area contributed by atoms with Crippen LogP contribution in [0.5, 0.6) is 0 Å². The molecule has 2 heterocycles. The van der Waals surface area contributed by atoms with Gasteiger partial charge < -0.3 is 4.90 Å². The second-order valence-corrected chi connectivity index (χ2v) is 3.26. The van der Waals surface area contributed by atoms with Gasteiger partial charge in [0.15, 0.2) is 0 Å². The van der Waals surface area contributed by atoms with Gasteiger partial charge in [-0.25, -0.2) is 9.97 Å². The quantitative estimate of drug-likeness (QED) is 0.624. The summed E-state index contributed by atoms with van der Waals surface area (Å²) in [6.07, 6.45) is 3.28.